The molecule has 0 saturated carbocycles. The van der Waals surface area contributed by atoms with Gasteiger partial charge in [0.2, 0.25) is 5.95 Å². The topological polar surface area (TPSA) is 54.9 Å². The fourth-order valence-electron chi connectivity index (χ4n) is 3.18. The van der Waals surface area contributed by atoms with Crippen LogP contribution in [0.2, 0.25) is 10.0 Å². The van der Waals surface area contributed by atoms with Gasteiger partial charge >= 0.3 is 0 Å². The van der Waals surface area contributed by atoms with Crippen LogP contribution in [0.15, 0.2) is 54.7 Å². The molecule has 4 rings (SSSR count). The summed E-state index contributed by atoms with van der Waals surface area (Å²) in [6.45, 7) is 0. The van der Waals surface area contributed by atoms with E-state index < -0.39 is 0 Å². The van der Waals surface area contributed by atoms with Crippen LogP contribution in [0.25, 0.3) is 0 Å². The number of ketones is 1. The first-order valence-electron chi connectivity index (χ1n) is 8.26. The lowest BCUT2D eigenvalue weighted by molar-refractivity contribution is 0.0962. The molecule has 6 heteroatoms. The van der Waals surface area contributed by atoms with Gasteiger partial charge in [0.05, 0.1) is 22.0 Å². The molecule has 0 saturated heterocycles. The molecule has 1 heterocycles. The van der Waals surface area contributed by atoms with E-state index in [1.807, 2.05) is 18.2 Å². The first-order chi connectivity index (χ1) is 12.6. The van der Waals surface area contributed by atoms with E-state index >= 15 is 0 Å². The lowest BCUT2D eigenvalue weighted by Gasteiger charge is -2.23. The molecule has 2 aromatic carbocycles. The molecule has 0 spiro atoms. The number of nitrogens with zero attached hydrogens (tertiary/aromatic N) is 2. The minimum absolute atomic E-state index is 0.0798. The third kappa shape index (κ3) is 3.43. The van der Waals surface area contributed by atoms with Crippen LogP contribution in [0.1, 0.15) is 34.0 Å². The van der Waals surface area contributed by atoms with Crippen molar-refractivity contribution in [1.29, 1.82) is 0 Å². The third-order valence-corrected chi connectivity index (χ3v) is 5.04. The molecule has 4 nitrogen and oxygen atoms in total. The third-order valence-electron chi connectivity index (χ3n) is 4.49. The quantitative estimate of drug-likeness (QED) is 0.653. The molecule has 0 radical (unpaired) electrons. The van der Waals surface area contributed by atoms with Crippen LogP contribution >= 0.6 is 23.2 Å². The molecule has 1 aromatic heterocycles. The Morgan fingerprint density at radius 1 is 1.04 bits per heavy atom. The average molecular weight is 384 g/mol. The summed E-state index contributed by atoms with van der Waals surface area (Å²) in [5, 5.41) is 4.14. The number of hydrogen-bond acceptors (Lipinski definition) is 4. The molecule has 0 amide bonds. The normalized spacial score (nSPS) is 16.2. The van der Waals surface area contributed by atoms with Gasteiger partial charge in [-0.3, -0.25) is 4.79 Å². The number of hydrogen-bond donors (Lipinski definition) is 1. The van der Waals surface area contributed by atoms with Gasteiger partial charge in [0.25, 0.3) is 0 Å². The fourth-order valence-corrected chi connectivity index (χ4v) is 3.63. The van der Waals surface area contributed by atoms with Crippen LogP contribution < -0.4 is 5.32 Å². The van der Waals surface area contributed by atoms with E-state index in [0.29, 0.717) is 40.1 Å². The highest BCUT2D eigenvalue weighted by atomic mass is 35.5. The summed E-state index contributed by atoms with van der Waals surface area (Å²) in [7, 11) is 0. The van der Waals surface area contributed by atoms with Crippen LogP contribution in [0.4, 0.5) is 11.6 Å². The SMILES string of the molecule is O=C1C[C@H](c2ccccc2)Cc2nc(Nc3ccc(Cl)cc3Cl)ncc21. The van der Waals surface area contributed by atoms with Crippen LogP contribution in [0.3, 0.4) is 0 Å². The van der Waals surface area contributed by atoms with Crippen molar-refractivity contribution >= 4 is 40.6 Å². The maximum Gasteiger partial charge on any atom is 0.227 e. The zero-order valence-electron chi connectivity index (χ0n) is 13.7. The van der Waals surface area contributed by atoms with E-state index in [0.717, 1.165) is 11.3 Å². The summed E-state index contributed by atoms with van der Waals surface area (Å²) in [5.41, 5.74) is 3.18. The smallest absolute Gasteiger partial charge is 0.227 e. The second kappa shape index (κ2) is 7.06. The average Bonchev–Trinajstić information content (AvgIpc) is 2.64. The van der Waals surface area contributed by atoms with Gasteiger partial charge in [-0.1, -0.05) is 53.5 Å². The first kappa shape index (κ1) is 17.0. The van der Waals surface area contributed by atoms with E-state index in [1.165, 1.54) is 0 Å². The van der Waals surface area contributed by atoms with Crippen molar-refractivity contribution in [1.82, 2.24) is 9.97 Å². The lowest BCUT2D eigenvalue weighted by atomic mass is 9.82. The predicted molar refractivity (Wildman–Crippen MR) is 104 cm³/mol. The Bertz CT molecular complexity index is 976. The van der Waals surface area contributed by atoms with E-state index in [1.54, 1.807) is 24.4 Å². The number of carbonyl (C=O) groups is 1. The van der Waals surface area contributed by atoms with Gasteiger partial charge in [-0.15, -0.1) is 0 Å². The molecule has 1 N–H and O–H groups in total. The van der Waals surface area contributed by atoms with Crippen molar-refractivity contribution in [3.63, 3.8) is 0 Å². The number of halogens is 2. The number of nitrogens with one attached hydrogen (secondary N) is 1. The van der Waals surface area contributed by atoms with Gasteiger partial charge in [0.15, 0.2) is 5.78 Å². The van der Waals surface area contributed by atoms with Crippen molar-refractivity contribution < 1.29 is 4.79 Å². The van der Waals surface area contributed by atoms with E-state index in [-0.39, 0.29) is 11.7 Å². The summed E-state index contributed by atoms with van der Waals surface area (Å²) >= 11 is 12.1. The number of Topliss-reactive ketones (excluding diaryl/α,β-unsaturated/α-hetero) is 1. The minimum Gasteiger partial charge on any atom is -0.323 e. The molecule has 0 unspecified atom stereocenters. The Hall–Kier alpha value is -2.43. The Labute approximate surface area is 161 Å². The highest BCUT2D eigenvalue weighted by Gasteiger charge is 2.28. The van der Waals surface area contributed by atoms with Crippen molar-refractivity contribution in [2.24, 2.45) is 0 Å². The summed E-state index contributed by atoms with van der Waals surface area (Å²) < 4.78 is 0. The fraction of sp³-hybridized carbons (Fsp3) is 0.150. The highest BCUT2D eigenvalue weighted by molar-refractivity contribution is 6.36. The maximum absolute atomic E-state index is 12.5. The summed E-state index contributed by atoms with van der Waals surface area (Å²) in [6.07, 6.45) is 2.78. The Balaban J connectivity index is 1.63. The van der Waals surface area contributed by atoms with Crippen LogP contribution in [0, 0.1) is 0 Å². The molecule has 0 bridgehead atoms. The van der Waals surface area contributed by atoms with Crippen molar-refractivity contribution in [3.05, 3.63) is 81.6 Å². The number of fused-ring (bicyclic) bond motifs is 1. The van der Waals surface area contributed by atoms with Crippen LogP contribution in [-0.2, 0) is 6.42 Å². The Morgan fingerprint density at radius 3 is 2.62 bits per heavy atom. The predicted octanol–water partition coefficient (Wildman–Crippen LogP) is 5.44. The van der Waals surface area contributed by atoms with Crippen LogP contribution in [-0.4, -0.2) is 15.8 Å². The summed E-state index contributed by atoms with van der Waals surface area (Å²) in [5.74, 6) is 0.628. The molecule has 0 aliphatic heterocycles. The van der Waals surface area contributed by atoms with Gasteiger partial charge in [0, 0.05) is 17.6 Å². The van der Waals surface area contributed by atoms with Gasteiger partial charge < -0.3 is 5.32 Å². The Kier molecular flexibility index (Phi) is 4.62. The molecular formula is C20H15Cl2N3O. The van der Waals surface area contributed by atoms with Gasteiger partial charge in [-0.2, -0.15) is 0 Å². The van der Waals surface area contributed by atoms with Gasteiger partial charge in [0.1, 0.15) is 0 Å². The second-order valence-corrected chi connectivity index (χ2v) is 7.09. The molecule has 1 atom stereocenters. The molecular weight excluding hydrogens is 369 g/mol. The molecule has 1 aliphatic carbocycles. The minimum atomic E-state index is 0.0798. The second-order valence-electron chi connectivity index (χ2n) is 6.24. The zero-order chi connectivity index (χ0) is 18.1. The van der Waals surface area contributed by atoms with Crippen LogP contribution in [0.5, 0.6) is 0 Å². The molecule has 26 heavy (non-hydrogen) atoms. The molecule has 130 valence electrons. The molecule has 0 fully saturated rings. The lowest BCUT2D eigenvalue weighted by Crippen LogP contribution is -2.21. The molecule has 3 aromatic rings. The number of rotatable bonds is 3. The Morgan fingerprint density at radius 2 is 1.85 bits per heavy atom. The number of aromatic nitrogens is 2. The molecule has 1 aliphatic rings. The van der Waals surface area contributed by atoms with E-state index in [2.05, 4.69) is 27.4 Å². The maximum atomic E-state index is 12.5. The summed E-state index contributed by atoms with van der Waals surface area (Å²) in [4.78, 5) is 21.3. The van der Waals surface area contributed by atoms with Gasteiger partial charge in [-0.25, -0.2) is 9.97 Å². The van der Waals surface area contributed by atoms with Gasteiger partial charge in [-0.05, 0) is 36.1 Å². The van der Waals surface area contributed by atoms with E-state index in [4.69, 9.17) is 23.2 Å². The number of benzene rings is 2. The van der Waals surface area contributed by atoms with Crippen molar-refractivity contribution in [2.75, 3.05) is 5.32 Å². The van der Waals surface area contributed by atoms with Crippen molar-refractivity contribution in [2.45, 2.75) is 18.8 Å². The van der Waals surface area contributed by atoms with E-state index in [9.17, 15) is 4.79 Å². The standard InChI is InChI=1S/C20H15Cl2N3O/c21-14-6-7-17(16(22)10-14)24-20-23-11-15-18(25-20)8-13(9-19(15)26)12-4-2-1-3-5-12/h1-7,10-11,13H,8-9H2,(H,23,24,25)/t13-/m1/s1. The number of anilines is 2. The number of carbonyl (C=O) groups excluding carboxylic acids is 1. The summed E-state index contributed by atoms with van der Waals surface area (Å²) in [6, 6.07) is 15.2. The largest absolute Gasteiger partial charge is 0.323 e. The van der Waals surface area contributed by atoms with Crippen molar-refractivity contribution in [3.8, 4) is 0 Å². The first-order valence-corrected chi connectivity index (χ1v) is 9.02. The highest BCUT2D eigenvalue weighted by Crippen LogP contribution is 2.33. The monoisotopic (exact) mass is 383 g/mol. The zero-order valence-corrected chi connectivity index (χ0v) is 15.3.